The van der Waals surface area contributed by atoms with Crippen LogP contribution < -0.4 is 5.32 Å². The van der Waals surface area contributed by atoms with Crippen LogP contribution >= 0.6 is 11.8 Å². The van der Waals surface area contributed by atoms with Crippen molar-refractivity contribution in [3.05, 3.63) is 83.9 Å². The Hall–Kier alpha value is -3.85. The molecule has 2 atom stereocenters. The van der Waals surface area contributed by atoms with E-state index in [0.717, 1.165) is 34.7 Å². The minimum absolute atomic E-state index is 0.0166. The number of nitrogens with one attached hydrogen (secondary N) is 1. The molecule has 0 radical (unpaired) electrons. The molecule has 224 valence electrons. The van der Waals surface area contributed by atoms with Gasteiger partial charge in [-0.2, -0.15) is 11.8 Å². The van der Waals surface area contributed by atoms with Crippen molar-refractivity contribution in [2.75, 3.05) is 25.2 Å². The first-order valence-corrected chi connectivity index (χ1v) is 15.3. The summed E-state index contributed by atoms with van der Waals surface area (Å²) in [4.78, 5) is 43.1. The molecule has 0 heterocycles. The lowest BCUT2D eigenvalue weighted by Crippen LogP contribution is -2.45. The molecule has 0 aliphatic rings. The summed E-state index contributed by atoms with van der Waals surface area (Å²) in [5, 5.41) is 9.17. The third-order valence-corrected chi connectivity index (χ3v) is 7.81. The van der Waals surface area contributed by atoms with Crippen LogP contribution in [0.3, 0.4) is 0 Å². The fraction of sp³-hybridized carbons (Fsp3) is 0.394. The number of unbranched alkanes of at least 4 members (excludes halogenated alkanes) is 1. The largest absolute Gasteiger partial charge is 0.460 e. The summed E-state index contributed by atoms with van der Waals surface area (Å²) < 4.78 is 10.7. The highest BCUT2D eigenvalue weighted by molar-refractivity contribution is 8.00. The van der Waals surface area contributed by atoms with Crippen molar-refractivity contribution in [1.82, 2.24) is 5.32 Å². The van der Waals surface area contributed by atoms with E-state index in [1.807, 2.05) is 61.5 Å². The Kier molecular flexibility index (Phi) is 13.9. The Morgan fingerprint density at radius 3 is 2.43 bits per heavy atom. The molecule has 8 nitrogen and oxygen atoms in total. The van der Waals surface area contributed by atoms with Crippen molar-refractivity contribution < 1.29 is 28.7 Å². The maximum Gasteiger partial charge on any atom is 0.328 e. The van der Waals surface area contributed by atoms with Crippen LogP contribution in [0.15, 0.2) is 78.0 Å². The number of rotatable bonds is 17. The zero-order valence-electron chi connectivity index (χ0n) is 24.5. The Labute approximate surface area is 252 Å². The molecule has 9 heteroatoms. The number of ether oxygens (including phenoxy) is 2. The normalized spacial score (nSPS) is 12.8. The number of carbonyl (C=O) groups excluding carboxylic acids is 3. The van der Waals surface area contributed by atoms with E-state index in [1.165, 1.54) is 25.8 Å². The number of benzene rings is 3. The molecule has 0 aromatic heterocycles. The van der Waals surface area contributed by atoms with E-state index in [-0.39, 0.29) is 19.1 Å². The lowest BCUT2D eigenvalue weighted by atomic mass is 9.95. The third kappa shape index (κ3) is 10.9. The fourth-order valence-corrected chi connectivity index (χ4v) is 5.51. The first kappa shape index (κ1) is 32.7. The molecule has 1 N–H and O–H groups in total. The van der Waals surface area contributed by atoms with Crippen molar-refractivity contribution >= 4 is 46.1 Å². The second-order valence-corrected chi connectivity index (χ2v) is 11.0. The fourth-order valence-electron chi connectivity index (χ4n) is 4.47. The second kappa shape index (κ2) is 17.9. The van der Waals surface area contributed by atoms with Gasteiger partial charge in [0.1, 0.15) is 32.1 Å². The zero-order valence-corrected chi connectivity index (χ0v) is 25.4. The van der Waals surface area contributed by atoms with Crippen LogP contribution in [0.1, 0.15) is 44.2 Å². The maximum absolute atomic E-state index is 13.8. The van der Waals surface area contributed by atoms with Gasteiger partial charge in [0.25, 0.3) is 0 Å². The van der Waals surface area contributed by atoms with E-state index < -0.39 is 23.9 Å². The highest BCUT2D eigenvalue weighted by Gasteiger charge is 2.27. The smallest absolute Gasteiger partial charge is 0.328 e. The van der Waals surface area contributed by atoms with E-state index in [4.69, 9.17) is 14.3 Å². The summed E-state index contributed by atoms with van der Waals surface area (Å²) in [6.45, 7) is 3.55. The number of thioether (sulfide) groups is 1. The van der Waals surface area contributed by atoms with Gasteiger partial charge in [0.2, 0.25) is 5.91 Å². The number of amides is 1. The van der Waals surface area contributed by atoms with Crippen LogP contribution in [0, 0.1) is 5.92 Å². The van der Waals surface area contributed by atoms with Crippen LogP contribution in [-0.4, -0.2) is 54.8 Å². The summed E-state index contributed by atoms with van der Waals surface area (Å²) >= 11 is 1.50. The van der Waals surface area contributed by atoms with E-state index in [2.05, 4.69) is 28.7 Å². The molecule has 0 spiro atoms. The van der Waals surface area contributed by atoms with Gasteiger partial charge in [0.15, 0.2) is 0 Å². The molecule has 3 rings (SSSR count). The monoisotopic (exact) mass is 592 g/mol. The predicted molar refractivity (Wildman–Crippen MR) is 167 cm³/mol. The standard InChI is InChI=1S/C33H40N2O6S/c1-4-5-18-31(33(38)41-20-25-12-7-6-8-13-25)34-32(37)28(22-42-23-29(35-39-3)21-40-24(2)36)19-27-16-11-15-26-14-9-10-17-30(26)27/h6-17,28,31H,4-5,18-23H2,1-3H3,(H,34,37)/b35-29+/t28-,31+/m1/s1. The lowest BCUT2D eigenvalue weighted by Gasteiger charge is -2.22. The van der Waals surface area contributed by atoms with Crippen LogP contribution in [0.5, 0.6) is 0 Å². The highest BCUT2D eigenvalue weighted by Crippen LogP contribution is 2.24. The number of fused-ring (bicyclic) bond motifs is 1. The number of carbonyl (C=O) groups is 3. The SMILES string of the molecule is CCCC[C@H](NC(=O)[C@@H](CSC/C(COC(C)=O)=N/OC)Cc1cccc2ccccc12)C(=O)OCc1ccccc1. The molecule has 0 saturated heterocycles. The van der Waals surface area contributed by atoms with Crippen molar-refractivity contribution in [3.63, 3.8) is 0 Å². The molecule has 1 amide bonds. The van der Waals surface area contributed by atoms with Gasteiger partial charge in [-0.15, -0.1) is 0 Å². The molecule has 0 aliphatic carbocycles. The summed E-state index contributed by atoms with van der Waals surface area (Å²) in [6, 6.07) is 22.9. The number of nitrogens with zero attached hydrogens (tertiary/aromatic N) is 1. The van der Waals surface area contributed by atoms with Crippen LogP contribution in [-0.2, 0) is 41.7 Å². The predicted octanol–water partition coefficient (Wildman–Crippen LogP) is 5.72. The van der Waals surface area contributed by atoms with Crippen molar-refractivity contribution in [2.45, 2.75) is 52.2 Å². The molecular formula is C33H40N2O6S. The zero-order chi connectivity index (χ0) is 30.2. The van der Waals surface area contributed by atoms with Gasteiger partial charge in [-0.25, -0.2) is 4.79 Å². The van der Waals surface area contributed by atoms with Gasteiger partial charge >= 0.3 is 11.9 Å². The van der Waals surface area contributed by atoms with E-state index in [0.29, 0.717) is 30.1 Å². The average Bonchev–Trinajstić information content (AvgIpc) is 3.00. The van der Waals surface area contributed by atoms with Crippen LogP contribution in [0.25, 0.3) is 10.8 Å². The van der Waals surface area contributed by atoms with E-state index in [1.54, 1.807) is 0 Å². The molecule has 0 aliphatic heterocycles. The van der Waals surface area contributed by atoms with Crippen molar-refractivity contribution in [2.24, 2.45) is 11.1 Å². The van der Waals surface area contributed by atoms with Gasteiger partial charge in [0.05, 0.1) is 5.92 Å². The van der Waals surface area contributed by atoms with Crippen LogP contribution in [0.2, 0.25) is 0 Å². The number of hydrogen-bond acceptors (Lipinski definition) is 8. The topological polar surface area (TPSA) is 103 Å². The second-order valence-electron chi connectivity index (χ2n) is 9.97. The Bertz CT molecular complexity index is 1330. The molecule has 3 aromatic carbocycles. The average molecular weight is 593 g/mol. The summed E-state index contributed by atoms with van der Waals surface area (Å²) in [5.41, 5.74) is 2.49. The Balaban J connectivity index is 1.76. The van der Waals surface area contributed by atoms with Gasteiger partial charge in [0, 0.05) is 18.4 Å². The van der Waals surface area contributed by atoms with Crippen molar-refractivity contribution in [1.29, 1.82) is 0 Å². The van der Waals surface area contributed by atoms with Gasteiger partial charge in [-0.05, 0) is 34.7 Å². The Morgan fingerprint density at radius 1 is 0.952 bits per heavy atom. The summed E-state index contributed by atoms with van der Waals surface area (Å²) in [6.07, 6.45) is 2.65. The first-order chi connectivity index (χ1) is 20.4. The molecule has 0 bridgehead atoms. The molecule has 0 saturated carbocycles. The number of oxime groups is 1. The van der Waals surface area contributed by atoms with Crippen molar-refractivity contribution in [3.8, 4) is 0 Å². The van der Waals surface area contributed by atoms with E-state index in [9.17, 15) is 14.4 Å². The molecule has 0 fully saturated rings. The maximum atomic E-state index is 13.8. The van der Waals surface area contributed by atoms with Crippen LogP contribution in [0.4, 0.5) is 0 Å². The number of esters is 2. The Morgan fingerprint density at radius 2 is 1.69 bits per heavy atom. The highest BCUT2D eigenvalue weighted by atomic mass is 32.2. The van der Waals surface area contributed by atoms with Gasteiger partial charge in [-0.1, -0.05) is 97.7 Å². The quantitative estimate of drug-likeness (QED) is 0.122. The molecule has 0 unspecified atom stereocenters. The van der Waals surface area contributed by atoms with E-state index >= 15 is 0 Å². The summed E-state index contributed by atoms with van der Waals surface area (Å²) in [7, 11) is 1.43. The number of hydrogen-bond donors (Lipinski definition) is 1. The van der Waals surface area contributed by atoms with Gasteiger partial charge < -0.3 is 19.6 Å². The molecular weight excluding hydrogens is 552 g/mol. The van der Waals surface area contributed by atoms with Gasteiger partial charge in [-0.3, -0.25) is 9.59 Å². The minimum Gasteiger partial charge on any atom is -0.460 e. The molecule has 3 aromatic rings. The third-order valence-electron chi connectivity index (χ3n) is 6.64. The molecule has 42 heavy (non-hydrogen) atoms. The summed E-state index contributed by atoms with van der Waals surface area (Å²) in [5.74, 6) is -0.624. The minimum atomic E-state index is -0.740. The first-order valence-electron chi connectivity index (χ1n) is 14.2. The lowest BCUT2D eigenvalue weighted by molar-refractivity contribution is -0.149.